The van der Waals surface area contributed by atoms with E-state index in [4.69, 9.17) is 0 Å². The normalized spacial score (nSPS) is 18.5. The number of hydrogen-bond acceptors (Lipinski definition) is 3. The van der Waals surface area contributed by atoms with Crippen molar-refractivity contribution < 1.29 is 9.90 Å². The van der Waals surface area contributed by atoms with Crippen molar-refractivity contribution in [3.63, 3.8) is 0 Å². The summed E-state index contributed by atoms with van der Waals surface area (Å²) in [6.45, 7) is 2.05. The van der Waals surface area contributed by atoms with Crippen molar-refractivity contribution in [3.8, 4) is 0 Å². The molecule has 1 heterocycles. The first-order valence-corrected chi connectivity index (χ1v) is 7.71. The Hall–Kier alpha value is -2.14. The van der Waals surface area contributed by atoms with Crippen LogP contribution in [0.5, 0.6) is 0 Å². The second-order valence-corrected chi connectivity index (χ2v) is 6.00. The molecule has 0 saturated heterocycles. The Labute approximate surface area is 129 Å². The van der Waals surface area contributed by atoms with Gasteiger partial charge in [0.1, 0.15) is 0 Å². The summed E-state index contributed by atoms with van der Waals surface area (Å²) in [5, 5.41) is 19.6. The average molecular weight is 299 g/mol. The van der Waals surface area contributed by atoms with Crippen LogP contribution in [0.4, 0.5) is 0 Å². The molecule has 2 aromatic rings. The maximum absolute atomic E-state index is 12.5. The van der Waals surface area contributed by atoms with Crippen molar-refractivity contribution in [3.05, 3.63) is 52.8 Å². The van der Waals surface area contributed by atoms with Crippen molar-refractivity contribution in [2.24, 2.45) is 5.92 Å². The molecular formula is C17H21N3O2. The van der Waals surface area contributed by atoms with Crippen LogP contribution in [0.1, 0.15) is 46.7 Å². The van der Waals surface area contributed by atoms with E-state index in [-0.39, 0.29) is 12.5 Å². The molecule has 116 valence electrons. The molecule has 0 spiro atoms. The van der Waals surface area contributed by atoms with Crippen LogP contribution in [0.25, 0.3) is 0 Å². The lowest BCUT2D eigenvalue weighted by molar-refractivity contribution is 0.0910. The van der Waals surface area contributed by atoms with Gasteiger partial charge in [-0.25, -0.2) is 0 Å². The van der Waals surface area contributed by atoms with E-state index in [1.807, 2.05) is 30.3 Å². The van der Waals surface area contributed by atoms with Gasteiger partial charge in [0.05, 0.1) is 12.6 Å². The van der Waals surface area contributed by atoms with Crippen LogP contribution in [0.2, 0.25) is 0 Å². The number of aliphatic hydroxyl groups is 1. The highest BCUT2D eigenvalue weighted by Gasteiger charge is 2.26. The highest BCUT2D eigenvalue weighted by Crippen LogP contribution is 2.26. The number of aliphatic hydroxyl groups excluding tert-OH is 1. The predicted molar refractivity (Wildman–Crippen MR) is 83.5 cm³/mol. The number of aryl methyl sites for hydroxylation is 1. The van der Waals surface area contributed by atoms with Crippen molar-refractivity contribution >= 4 is 5.91 Å². The average Bonchev–Trinajstić information content (AvgIpc) is 2.96. The predicted octanol–water partition coefficient (Wildman–Crippen LogP) is 2.00. The van der Waals surface area contributed by atoms with Crippen LogP contribution < -0.4 is 5.32 Å². The molecule has 1 aliphatic carbocycles. The molecular weight excluding hydrogens is 278 g/mol. The summed E-state index contributed by atoms with van der Waals surface area (Å²) < 4.78 is 0. The molecule has 0 saturated carbocycles. The van der Waals surface area contributed by atoms with Crippen LogP contribution >= 0.6 is 0 Å². The summed E-state index contributed by atoms with van der Waals surface area (Å²) in [6, 6.07) is 9.06. The fourth-order valence-corrected chi connectivity index (χ4v) is 3.00. The molecule has 3 N–H and O–H groups in total. The number of aromatic amines is 1. The molecule has 1 aromatic carbocycles. The van der Waals surface area contributed by atoms with E-state index >= 15 is 0 Å². The summed E-state index contributed by atoms with van der Waals surface area (Å²) in [4.78, 5) is 12.5. The first kappa shape index (κ1) is 14.8. The third-order valence-electron chi connectivity index (χ3n) is 4.30. The lowest BCUT2D eigenvalue weighted by Crippen LogP contribution is -2.32. The summed E-state index contributed by atoms with van der Waals surface area (Å²) in [7, 11) is 0. The summed E-state index contributed by atoms with van der Waals surface area (Å²) >= 11 is 0. The van der Waals surface area contributed by atoms with Gasteiger partial charge in [-0.3, -0.25) is 9.89 Å². The third-order valence-corrected chi connectivity index (χ3v) is 4.30. The van der Waals surface area contributed by atoms with Gasteiger partial charge < -0.3 is 10.4 Å². The molecule has 1 aliphatic rings. The van der Waals surface area contributed by atoms with Gasteiger partial charge in [-0.1, -0.05) is 37.3 Å². The molecule has 0 aliphatic heterocycles. The van der Waals surface area contributed by atoms with Gasteiger partial charge in [0.2, 0.25) is 0 Å². The number of carbonyl (C=O) groups excluding carboxylic acids is 1. The smallest absolute Gasteiger partial charge is 0.272 e. The number of nitrogens with one attached hydrogen (secondary N) is 2. The van der Waals surface area contributed by atoms with E-state index < -0.39 is 6.04 Å². The van der Waals surface area contributed by atoms with Crippen LogP contribution in [-0.2, 0) is 12.8 Å². The summed E-state index contributed by atoms with van der Waals surface area (Å²) in [6.07, 6.45) is 2.95. The van der Waals surface area contributed by atoms with E-state index in [9.17, 15) is 9.90 Å². The summed E-state index contributed by atoms with van der Waals surface area (Å²) in [5.41, 5.74) is 3.46. The van der Waals surface area contributed by atoms with Gasteiger partial charge in [-0.2, -0.15) is 5.10 Å². The van der Waals surface area contributed by atoms with Gasteiger partial charge in [-0.15, -0.1) is 0 Å². The molecule has 0 bridgehead atoms. The lowest BCUT2D eigenvalue weighted by atomic mass is 9.87. The molecule has 1 amide bonds. The van der Waals surface area contributed by atoms with Gasteiger partial charge >= 0.3 is 0 Å². The second-order valence-electron chi connectivity index (χ2n) is 6.00. The third kappa shape index (κ3) is 2.90. The van der Waals surface area contributed by atoms with E-state index in [1.54, 1.807) is 0 Å². The minimum atomic E-state index is -0.415. The Balaban J connectivity index is 1.78. The molecule has 22 heavy (non-hydrogen) atoms. The van der Waals surface area contributed by atoms with E-state index in [0.717, 1.165) is 36.1 Å². The first-order valence-electron chi connectivity index (χ1n) is 7.71. The molecule has 1 aromatic heterocycles. The van der Waals surface area contributed by atoms with Crippen molar-refractivity contribution in [1.82, 2.24) is 15.5 Å². The molecule has 5 nitrogen and oxygen atoms in total. The minimum Gasteiger partial charge on any atom is -0.394 e. The number of rotatable bonds is 4. The van der Waals surface area contributed by atoms with Crippen molar-refractivity contribution in [2.75, 3.05) is 6.61 Å². The molecule has 2 unspecified atom stereocenters. The Morgan fingerprint density at radius 1 is 1.45 bits per heavy atom. The first-order chi connectivity index (χ1) is 10.7. The highest BCUT2D eigenvalue weighted by atomic mass is 16.3. The summed E-state index contributed by atoms with van der Waals surface area (Å²) in [5.74, 6) is 0.342. The Morgan fingerprint density at radius 3 is 2.95 bits per heavy atom. The zero-order valence-corrected chi connectivity index (χ0v) is 12.7. The number of fused-ring (bicyclic) bond motifs is 1. The monoisotopic (exact) mass is 299 g/mol. The van der Waals surface area contributed by atoms with E-state index in [0.29, 0.717) is 11.6 Å². The number of aromatic nitrogens is 2. The Kier molecular flexibility index (Phi) is 4.24. The maximum Gasteiger partial charge on any atom is 0.272 e. The zero-order valence-electron chi connectivity index (χ0n) is 12.7. The molecule has 0 radical (unpaired) electrons. The standard InChI is InChI=1S/C17H21N3O2/c1-11-7-8-14-13(9-11)16(20-19-14)17(22)18-15(10-21)12-5-3-2-4-6-12/h2-6,11,15,21H,7-10H2,1H3,(H,18,22)(H,19,20). The van der Waals surface area contributed by atoms with Gasteiger partial charge in [0.25, 0.3) is 5.91 Å². The number of carbonyl (C=O) groups is 1. The number of benzene rings is 1. The largest absolute Gasteiger partial charge is 0.394 e. The number of H-pyrrole nitrogens is 1. The van der Waals surface area contributed by atoms with Gasteiger partial charge in [0, 0.05) is 11.3 Å². The van der Waals surface area contributed by atoms with Gasteiger partial charge in [0.15, 0.2) is 5.69 Å². The molecule has 2 atom stereocenters. The van der Waals surface area contributed by atoms with E-state index in [1.165, 1.54) is 0 Å². The molecule has 0 fully saturated rings. The number of amides is 1. The quantitative estimate of drug-likeness (QED) is 0.808. The maximum atomic E-state index is 12.5. The van der Waals surface area contributed by atoms with Crippen LogP contribution in [0.3, 0.4) is 0 Å². The SMILES string of the molecule is CC1CCc2[nH]nc(C(=O)NC(CO)c3ccccc3)c2C1. The fourth-order valence-electron chi connectivity index (χ4n) is 3.00. The highest BCUT2D eigenvalue weighted by molar-refractivity contribution is 5.94. The lowest BCUT2D eigenvalue weighted by Gasteiger charge is -2.19. The number of hydrogen-bond donors (Lipinski definition) is 3. The topological polar surface area (TPSA) is 78.0 Å². The fraction of sp³-hybridized carbons (Fsp3) is 0.412. The Morgan fingerprint density at radius 2 is 2.23 bits per heavy atom. The molecule has 5 heteroatoms. The van der Waals surface area contributed by atoms with Crippen molar-refractivity contribution in [1.29, 1.82) is 0 Å². The minimum absolute atomic E-state index is 0.140. The van der Waals surface area contributed by atoms with Crippen molar-refractivity contribution in [2.45, 2.75) is 32.2 Å². The second kappa shape index (κ2) is 6.32. The number of nitrogens with zero attached hydrogens (tertiary/aromatic N) is 1. The zero-order chi connectivity index (χ0) is 15.5. The van der Waals surface area contributed by atoms with Crippen LogP contribution in [0, 0.1) is 5.92 Å². The Bertz CT molecular complexity index is 651. The molecule has 3 rings (SSSR count). The van der Waals surface area contributed by atoms with Gasteiger partial charge in [-0.05, 0) is 30.7 Å². The van der Waals surface area contributed by atoms with Crippen LogP contribution in [-0.4, -0.2) is 27.8 Å². The van der Waals surface area contributed by atoms with Crippen LogP contribution in [0.15, 0.2) is 30.3 Å². The van der Waals surface area contributed by atoms with E-state index in [2.05, 4.69) is 22.4 Å².